The number of hydrogen-bond acceptors (Lipinski definition) is 6. The average Bonchev–Trinajstić information content (AvgIpc) is 2.87. The SMILES string of the molecule is CCOC(=O)C1CCCN(C(C)C(=O)Nc2oc(C)c(C)c2C#N)C1. The molecule has 2 rings (SSSR count). The van der Waals surface area contributed by atoms with Crippen molar-refractivity contribution in [2.75, 3.05) is 25.0 Å². The number of rotatable bonds is 5. The van der Waals surface area contributed by atoms with Crippen molar-refractivity contribution in [2.24, 2.45) is 5.92 Å². The third-order valence-electron chi connectivity index (χ3n) is 4.73. The number of amides is 1. The fraction of sp³-hybridized carbons (Fsp3) is 0.611. The largest absolute Gasteiger partial charge is 0.466 e. The van der Waals surface area contributed by atoms with E-state index in [9.17, 15) is 14.9 Å². The standard InChI is InChI=1S/C18H25N3O4/c1-5-24-18(23)14-7-6-8-21(10-14)12(3)16(22)20-17-15(9-19)11(2)13(4)25-17/h12,14H,5-8,10H2,1-4H3,(H,20,22). The molecule has 0 aromatic carbocycles. The number of piperidine rings is 1. The molecule has 2 heterocycles. The fourth-order valence-electron chi connectivity index (χ4n) is 3.04. The highest BCUT2D eigenvalue weighted by molar-refractivity contribution is 5.94. The Bertz CT molecular complexity index is 689. The number of nitriles is 1. The van der Waals surface area contributed by atoms with Gasteiger partial charge in [-0.2, -0.15) is 5.26 Å². The van der Waals surface area contributed by atoms with Crippen LogP contribution in [0.1, 0.15) is 43.6 Å². The van der Waals surface area contributed by atoms with Crippen molar-refractivity contribution in [3.05, 3.63) is 16.9 Å². The van der Waals surface area contributed by atoms with Gasteiger partial charge in [-0.15, -0.1) is 0 Å². The van der Waals surface area contributed by atoms with E-state index in [2.05, 4.69) is 11.4 Å². The minimum Gasteiger partial charge on any atom is -0.466 e. The molecule has 1 aliphatic heterocycles. The third kappa shape index (κ3) is 4.20. The van der Waals surface area contributed by atoms with E-state index < -0.39 is 6.04 Å². The summed E-state index contributed by atoms with van der Waals surface area (Å²) in [5.74, 6) is 0.137. The number of carbonyl (C=O) groups excluding carboxylic acids is 2. The monoisotopic (exact) mass is 347 g/mol. The number of aryl methyl sites for hydroxylation is 1. The Morgan fingerprint density at radius 3 is 2.84 bits per heavy atom. The maximum absolute atomic E-state index is 12.6. The Morgan fingerprint density at radius 2 is 2.20 bits per heavy atom. The van der Waals surface area contributed by atoms with Gasteiger partial charge in [0.1, 0.15) is 17.4 Å². The zero-order valence-corrected chi connectivity index (χ0v) is 15.2. The number of hydrogen-bond donors (Lipinski definition) is 1. The number of anilines is 1. The Morgan fingerprint density at radius 1 is 1.48 bits per heavy atom. The van der Waals surface area contributed by atoms with Crippen LogP contribution in [0.15, 0.2) is 4.42 Å². The second kappa shape index (κ2) is 8.17. The summed E-state index contributed by atoms with van der Waals surface area (Å²) in [6.07, 6.45) is 1.61. The Balaban J connectivity index is 2.03. The van der Waals surface area contributed by atoms with Crippen LogP contribution in [0.2, 0.25) is 0 Å². The molecule has 1 aromatic rings. The lowest BCUT2D eigenvalue weighted by atomic mass is 9.97. The van der Waals surface area contributed by atoms with Crippen LogP contribution >= 0.6 is 0 Å². The van der Waals surface area contributed by atoms with Gasteiger partial charge in [0.15, 0.2) is 0 Å². The molecule has 0 bridgehead atoms. The molecule has 1 fully saturated rings. The van der Waals surface area contributed by atoms with Crippen molar-refractivity contribution in [1.82, 2.24) is 4.90 Å². The summed E-state index contributed by atoms with van der Waals surface area (Å²) < 4.78 is 10.6. The van der Waals surface area contributed by atoms with Crippen molar-refractivity contribution in [3.63, 3.8) is 0 Å². The Kier molecular flexibility index (Phi) is 6.21. The topological polar surface area (TPSA) is 95.6 Å². The number of likely N-dealkylation sites (tertiary alicyclic amines) is 1. The first kappa shape index (κ1) is 19.0. The van der Waals surface area contributed by atoms with Crippen LogP contribution in [-0.2, 0) is 14.3 Å². The van der Waals surface area contributed by atoms with Gasteiger partial charge in [-0.25, -0.2) is 0 Å². The summed E-state index contributed by atoms with van der Waals surface area (Å²) in [6.45, 7) is 8.71. The number of carbonyl (C=O) groups is 2. The molecule has 2 unspecified atom stereocenters. The van der Waals surface area contributed by atoms with E-state index >= 15 is 0 Å². The van der Waals surface area contributed by atoms with Gasteiger partial charge in [0, 0.05) is 12.1 Å². The van der Waals surface area contributed by atoms with Crippen LogP contribution in [0.5, 0.6) is 0 Å². The minimum atomic E-state index is -0.436. The predicted octanol–water partition coefficient (Wildman–Crippen LogP) is 2.37. The molecule has 0 aliphatic carbocycles. The van der Waals surface area contributed by atoms with Gasteiger partial charge in [-0.1, -0.05) is 0 Å². The molecule has 25 heavy (non-hydrogen) atoms. The molecular weight excluding hydrogens is 322 g/mol. The highest BCUT2D eigenvalue weighted by atomic mass is 16.5. The van der Waals surface area contributed by atoms with Gasteiger partial charge >= 0.3 is 5.97 Å². The van der Waals surface area contributed by atoms with Gasteiger partial charge in [-0.3, -0.25) is 19.8 Å². The number of ether oxygens (including phenoxy) is 1. The van der Waals surface area contributed by atoms with Crippen LogP contribution in [0, 0.1) is 31.1 Å². The molecule has 2 atom stereocenters. The third-order valence-corrected chi connectivity index (χ3v) is 4.73. The molecule has 1 amide bonds. The van der Waals surface area contributed by atoms with Crippen LogP contribution in [0.3, 0.4) is 0 Å². The van der Waals surface area contributed by atoms with E-state index in [0.29, 0.717) is 24.5 Å². The molecule has 0 radical (unpaired) electrons. The van der Waals surface area contributed by atoms with Crippen LogP contribution < -0.4 is 5.32 Å². The van der Waals surface area contributed by atoms with Crippen molar-refractivity contribution < 1.29 is 18.7 Å². The second-order valence-electron chi connectivity index (χ2n) is 6.35. The zero-order chi connectivity index (χ0) is 18.6. The van der Waals surface area contributed by atoms with Crippen molar-refractivity contribution in [2.45, 2.75) is 46.6 Å². The lowest BCUT2D eigenvalue weighted by Gasteiger charge is -2.34. The number of esters is 1. The van der Waals surface area contributed by atoms with Gasteiger partial charge in [0.25, 0.3) is 0 Å². The molecule has 1 aromatic heterocycles. The molecule has 1 N–H and O–H groups in total. The summed E-state index contributed by atoms with van der Waals surface area (Å²) in [6, 6.07) is 1.63. The van der Waals surface area contributed by atoms with Gasteiger partial charge in [0.2, 0.25) is 11.8 Å². The molecule has 136 valence electrons. The van der Waals surface area contributed by atoms with E-state index in [1.165, 1.54) is 0 Å². The Labute approximate surface area is 147 Å². The number of nitrogens with one attached hydrogen (secondary N) is 1. The average molecular weight is 347 g/mol. The van der Waals surface area contributed by atoms with Crippen molar-refractivity contribution >= 4 is 17.8 Å². The summed E-state index contributed by atoms with van der Waals surface area (Å²) in [4.78, 5) is 26.5. The molecular formula is C18H25N3O4. The van der Waals surface area contributed by atoms with Crippen LogP contribution in [0.25, 0.3) is 0 Å². The molecule has 7 heteroatoms. The normalized spacial score (nSPS) is 19.1. The molecule has 1 aliphatic rings. The van der Waals surface area contributed by atoms with Crippen LogP contribution in [0.4, 0.5) is 5.88 Å². The van der Waals surface area contributed by atoms with Crippen LogP contribution in [-0.4, -0.2) is 42.5 Å². The summed E-state index contributed by atoms with van der Waals surface area (Å²) in [5, 5.41) is 11.9. The van der Waals surface area contributed by atoms with E-state index in [1.54, 1.807) is 27.7 Å². The van der Waals surface area contributed by atoms with Gasteiger partial charge < -0.3 is 9.15 Å². The summed E-state index contributed by atoms with van der Waals surface area (Å²) in [7, 11) is 0. The van der Waals surface area contributed by atoms with E-state index in [-0.39, 0.29) is 23.7 Å². The quantitative estimate of drug-likeness (QED) is 0.822. The number of nitrogens with zero attached hydrogens (tertiary/aromatic N) is 2. The minimum absolute atomic E-state index is 0.188. The summed E-state index contributed by atoms with van der Waals surface area (Å²) >= 11 is 0. The Hall–Kier alpha value is -2.33. The first-order valence-corrected chi connectivity index (χ1v) is 8.60. The molecule has 7 nitrogen and oxygen atoms in total. The van der Waals surface area contributed by atoms with Crippen molar-refractivity contribution in [1.29, 1.82) is 5.26 Å². The second-order valence-corrected chi connectivity index (χ2v) is 6.35. The van der Waals surface area contributed by atoms with Gasteiger partial charge in [0.05, 0.1) is 18.6 Å². The van der Waals surface area contributed by atoms with E-state index in [1.807, 2.05) is 4.90 Å². The summed E-state index contributed by atoms with van der Waals surface area (Å²) in [5.41, 5.74) is 1.08. The first-order chi connectivity index (χ1) is 11.9. The highest BCUT2D eigenvalue weighted by Gasteiger charge is 2.32. The van der Waals surface area contributed by atoms with Gasteiger partial charge in [-0.05, 0) is 47.1 Å². The van der Waals surface area contributed by atoms with E-state index in [4.69, 9.17) is 9.15 Å². The predicted molar refractivity (Wildman–Crippen MR) is 91.9 cm³/mol. The van der Waals surface area contributed by atoms with Crippen molar-refractivity contribution in [3.8, 4) is 6.07 Å². The molecule has 0 saturated carbocycles. The maximum Gasteiger partial charge on any atom is 0.310 e. The first-order valence-electron chi connectivity index (χ1n) is 8.60. The highest BCUT2D eigenvalue weighted by Crippen LogP contribution is 2.26. The maximum atomic E-state index is 12.6. The number of furan rings is 1. The lowest BCUT2D eigenvalue weighted by Crippen LogP contribution is -2.48. The molecule has 1 saturated heterocycles. The lowest BCUT2D eigenvalue weighted by molar-refractivity contribution is -0.150. The fourth-order valence-corrected chi connectivity index (χ4v) is 3.04. The van der Waals surface area contributed by atoms with E-state index in [0.717, 1.165) is 24.9 Å². The molecule has 0 spiro atoms. The zero-order valence-electron chi connectivity index (χ0n) is 15.2. The smallest absolute Gasteiger partial charge is 0.310 e.